The third-order valence-corrected chi connectivity index (χ3v) is 8.81. The Bertz CT molecular complexity index is 894. The van der Waals surface area contributed by atoms with Crippen LogP contribution in [0, 0.1) is 11.8 Å². The number of hydrogen-bond acceptors (Lipinski definition) is 4. The van der Waals surface area contributed by atoms with Crippen molar-refractivity contribution in [2.24, 2.45) is 11.8 Å². The van der Waals surface area contributed by atoms with Crippen molar-refractivity contribution in [3.05, 3.63) is 34.9 Å². The van der Waals surface area contributed by atoms with Gasteiger partial charge in [-0.15, -0.1) is 0 Å². The van der Waals surface area contributed by atoms with Crippen molar-refractivity contribution >= 4 is 23.5 Å². The van der Waals surface area contributed by atoms with Crippen molar-refractivity contribution < 1.29 is 14.3 Å². The van der Waals surface area contributed by atoms with Crippen LogP contribution in [0.5, 0.6) is 0 Å². The Kier molecular flexibility index (Phi) is 13.4. The van der Waals surface area contributed by atoms with E-state index in [9.17, 15) is 9.59 Å². The van der Waals surface area contributed by atoms with E-state index in [-0.39, 0.29) is 23.9 Å². The van der Waals surface area contributed by atoms with Gasteiger partial charge in [0.1, 0.15) is 0 Å². The Balaban J connectivity index is 1.78. The van der Waals surface area contributed by atoms with Gasteiger partial charge in [-0.2, -0.15) is 0 Å². The monoisotopic (exact) mass is 562 g/mol. The highest BCUT2D eigenvalue weighted by Gasteiger charge is 2.43. The summed E-state index contributed by atoms with van der Waals surface area (Å²) in [5.41, 5.74) is 0.410. The van der Waals surface area contributed by atoms with Crippen LogP contribution in [0.3, 0.4) is 0 Å². The molecule has 0 radical (unpaired) electrons. The van der Waals surface area contributed by atoms with Gasteiger partial charge >= 0.3 is 6.03 Å². The number of hydrogen-bond donors (Lipinski definition) is 3. The van der Waals surface area contributed by atoms with Gasteiger partial charge < -0.3 is 25.6 Å². The normalized spacial score (nSPS) is 20.7. The zero-order valence-electron chi connectivity index (χ0n) is 24.4. The second-order valence-electron chi connectivity index (χ2n) is 11.5. The summed E-state index contributed by atoms with van der Waals surface area (Å²) in [6.07, 6.45) is 11.9. The number of likely N-dealkylation sites (tertiary alicyclic amines) is 1. The molecule has 1 saturated heterocycles. The van der Waals surface area contributed by atoms with Crippen molar-refractivity contribution in [3.8, 4) is 0 Å². The molecule has 1 heterocycles. The zero-order valence-corrected chi connectivity index (χ0v) is 25.2. The van der Waals surface area contributed by atoms with E-state index in [1.54, 1.807) is 6.92 Å². The molecule has 3 atom stereocenters. The summed E-state index contributed by atoms with van der Waals surface area (Å²) in [5, 5.41) is 10.7. The highest BCUT2D eigenvalue weighted by molar-refractivity contribution is 6.30. The molecule has 1 aromatic rings. The van der Waals surface area contributed by atoms with Gasteiger partial charge in [0.15, 0.2) is 0 Å². The Morgan fingerprint density at radius 1 is 1.15 bits per heavy atom. The SMILES string of the molecule is CCOCCCCC(NC(C)=O)(c1cccc(Cl)c1)C1CCCN(C(=O)NC(CNC)CC2CCCCC2)C1. The van der Waals surface area contributed by atoms with Crippen LogP contribution in [0.15, 0.2) is 24.3 Å². The van der Waals surface area contributed by atoms with Crippen molar-refractivity contribution in [2.45, 2.75) is 96.1 Å². The van der Waals surface area contributed by atoms with E-state index in [2.05, 4.69) is 22.0 Å². The van der Waals surface area contributed by atoms with Crippen LogP contribution < -0.4 is 16.0 Å². The smallest absolute Gasteiger partial charge is 0.317 e. The molecule has 3 amide bonds. The Morgan fingerprint density at radius 2 is 1.95 bits per heavy atom. The number of nitrogens with one attached hydrogen (secondary N) is 3. The van der Waals surface area contributed by atoms with Crippen LogP contribution in [0.1, 0.15) is 90.0 Å². The predicted molar refractivity (Wildman–Crippen MR) is 159 cm³/mol. The van der Waals surface area contributed by atoms with Gasteiger partial charge in [0.05, 0.1) is 5.54 Å². The number of likely N-dealkylation sites (N-methyl/N-ethyl adjacent to an activating group) is 1. The molecule has 8 heteroatoms. The molecule has 2 aliphatic rings. The molecular formula is C31H51ClN4O3. The fraction of sp³-hybridized carbons (Fsp3) is 0.742. The fourth-order valence-electron chi connectivity index (χ4n) is 6.75. The average Bonchev–Trinajstić information content (AvgIpc) is 2.93. The number of urea groups is 1. The fourth-order valence-corrected chi connectivity index (χ4v) is 6.94. The van der Waals surface area contributed by atoms with E-state index in [1.807, 2.05) is 37.1 Å². The van der Waals surface area contributed by atoms with E-state index in [0.717, 1.165) is 57.2 Å². The van der Waals surface area contributed by atoms with Crippen LogP contribution in [-0.4, -0.2) is 62.8 Å². The van der Waals surface area contributed by atoms with Gasteiger partial charge in [0.25, 0.3) is 0 Å². The standard InChI is InChI=1S/C31H51ClN4O3/c1-4-39-19-9-8-17-31(35-24(2)37,26-14-10-16-28(32)21-26)27-15-11-18-36(23-27)30(38)34-29(22-33-3)20-25-12-6-5-7-13-25/h10,14,16,21,25,27,29,33H,4-9,11-13,15,17-20,22-23H2,1-3H3,(H,34,38)(H,35,37). The Hall–Kier alpha value is -1.83. The molecular weight excluding hydrogens is 512 g/mol. The quantitative estimate of drug-likeness (QED) is 0.248. The minimum Gasteiger partial charge on any atom is -0.382 e. The highest BCUT2D eigenvalue weighted by Crippen LogP contribution is 2.41. The molecule has 1 aliphatic heterocycles. The van der Waals surface area contributed by atoms with E-state index >= 15 is 0 Å². The number of halogens is 1. The highest BCUT2D eigenvalue weighted by atomic mass is 35.5. The van der Waals surface area contributed by atoms with Gasteiger partial charge in [-0.05, 0) is 76.1 Å². The van der Waals surface area contributed by atoms with Gasteiger partial charge in [0, 0.05) is 56.8 Å². The average molecular weight is 563 g/mol. The van der Waals surface area contributed by atoms with Crippen LogP contribution >= 0.6 is 11.6 Å². The molecule has 3 unspecified atom stereocenters. The van der Waals surface area contributed by atoms with E-state index in [1.165, 1.54) is 32.1 Å². The second kappa shape index (κ2) is 16.4. The van der Waals surface area contributed by atoms with Crippen molar-refractivity contribution in [3.63, 3.8) is 0 Å². The number of ether oxygens (including phenoxy) is 1. The summed E-state index contributed by atoms with van der Waals surface area (Å²) in [6.45, 7) is 7.10. The minimum absolute atomic E-state index is 0.00919. The topological polar surface area (TPSA) is 82.7 Å². The first kappa shape index (κ1) is 31.7. The van der Waals surface area contributed by atoms with E-state index in [0.29, 0.717) is 30.7 Å². The lowest BCUT2D eigenvalue weighted by molar-refractivity contribution is -0.122. The number of unbranched alkanes of at least 4 members (excludes halogenated alkanes) is 1. The number of piperidine rings is 1. The van der Waals surface area contributed by atoms with Gasteiger partial charge in [-0.25, -0.2) is 4.79 Å². The number of amides is 3. The largest absolute Gasteiger partial charge is 0.382 e. The molecule has 0 aromatic heterocycles. The van der Waals surface area contributed by atoms with Crippen LogP contribution in [0.4, 0.5) is 4.79 Å². The molecule has 1 aromatic carbocycles. The Labute approximate surface area is 241 Å². The molecule has 3 N–H and O–H groups in total. The van der Waals surface area contributed by atoms with Crippen molar-refractivity contribution in [1.29, 1.82) is 0 Å². The zero-order chi connectivity index (χ0) is 28.1. The summed E-state index contributed by atoms with van der Waals surface area (Å²) in [6, 6.07) is 8.00. The first-order valence-electron chi connectivity index (χ1n) is 15.2. The van der Waals surface area contributed by atoms with Crippen LogP contribution in [-0.2, 0) is 15.1 Å². The third kappa shape index (κ3) is 9.65. The summed E-state index contributed by atoms with van der Waals surface area (Å²) in [4.78, 5) is 28.2. The number of nitrogens with zero attached hydrogens (tertiary/aromatic N) is 1. The summed E-state index contributed by atoms with van der Waals surface area (Å²) in [5.74, 6) is 0.703. The van der Waals surface area contributed by atoms with E-state index < -0.39 is 5.54 Å². The van der Waals surface area contributed by atoms with Gasteiger partial charge in [-0.3, -0.25) is 4.79 Å². The number of benzene rings is 1. The molecule has 1 aliphatic carbocycles. The van der Waals surface area contributed by atoms with Crippen LogP contribution in [0.25, 0.3) is 0 Å². The first-order chi connectivity index (χ1) is 18.9. The molecule has 3 rings (SSSR count). The van der Waals surface area contributed by atoms with Crippen molar-refractivity contribution in [2.75, 3.05) is 39.9 Å². The third-order valence-electron chi connectivity index (χ3n) is 8.58. The molecule has 0 spiro atoms. The molecule has 7 nitrogen and oxygen atoms in total. The number of carbonyl (C=O) groups is 2. The lowest BCUT2D eigenvalue weighted by Crippen LogP contribution is -2.58. The van der Waals surface area contributed by atoms with E-state index in [4.69, 9.17) is 16.3 Å². The minimum atomic E-state index is -0.603. The Morgan fingerprint density at radius 3 is 2.64 bits per heavy atom. The second-order valence-corrected chi connectivity index (χ2v) is 12.0. The summed E-state index contributed by atoms with van der Waals surface area (Å²) < 4.78 is 5.58. The molecule has 2 fully saturated rings. The molecule has 1 saturated carbocycles. The molecule has 0 bridgehead atoms. The lowest BCUT2D eigenvalue weighted by Gasteiger charge is -2.47. The number of carbonyl (C=O) groups excluding carboxylic acids is 2. The summed E-state index contributed by atoms with van der Waals surface area (Å²) >= 11 is 6.46. The predicted octanol–water partition coefficient (Wildman–Crippen LogP) is 5.86. The maximum atomic E-state index is 13.6. The first-order valence-corrected chi connectivity index (χ1v) is 15.6. The van der Waals surface area contributed by atoms with Crippen LogP contribution in [0.2, 0.25) is 5.02 Å². The number of rotatable bonds is 14. The van der Waals surface area contributed by atoms with Gasteiger partial charge in [-0.1, -0.05) is 55.8 Å². The lowest BCUT2D eigenvalue weighted by atomic mass is 9.71. The maximum Gasteiger partial charge on any atom is 0.317 e. The summed E-state index contributed by atoms with van der Waals surface area (Å²) in [7, 11) is 1.95. The maximum absolute atomic E-state index is 13.6. The molecule has 39 heavy (non-hydrogen) atoms. The molecule has 220 valence electrons. The van der Waals surface area contributed by atoms with Crippen molar-refractivity contribution in [1.82, 2.24) is 20.9 Å². The van der Waals surface area contributed by atoms with Gasteiger partial charge in [0.2, 0.25) is 5.91 Å².